The number of amides is 1. The van der Waals surface area contributed by atoms with Gasteiger partial charge in [-0.25, -0.2) is 0 Å². The van der Waals surface area contributed by atoms with Crippen LogP contribution in [0.4, 0.5) is 0 Å². The Morgan fingerprint density at radius 1 is 1.39 bits per heavy atom. The van der Waals surface area contributed by atoms with Crippen molar-refractivity contribution in [2.45, 2.75) is 37.6 Å². The van der Waals surface area contributed by atoms with Crippen LogP contribution in [-0.2, 0) is 0 Å². The predicted molar refractivity (Wildman–Crippen MR) is 69.6 cm³/mol. The Labute approximate surface area is 111 Å². The fourth-order valence-corrected chi connectivity index (χ4v) is 3.62. The second kappa shape index (κ2) is 4.93. The third-order valence-corrected chi connectivity index (χ3v) is 4.63. The first kappa shape index (κ1) is 12.0. The summed E-state index contributed by atoms with van der Waals surface area (Å²) >= 11 is 1.10. The maximum atomic E-state index is 12.5. The van der Waals surface area contributed by atoms with E-state index >= 15 is 0 Å². The Kier molecular flexibility index (Phi) is 3.30. The van der Waals surface area contributed by atoms with E-state index in [2.05, 4.69) is 19.0 Å². The second-order valence-corrected chi connectivity index (χ2v) is 5.77. The molecule has 1 N–H and O–H groups in total. The third-order valence-electron chi connectivity index (χ3n) is 4.15. The molecule has 5 nitrogen and oxygen atoms in total. The van der Waals surface area contributed by atoms with Crippen LogP contribution in [0.1, 0.15) is 42.6 Å². The molecule has 1 aromatic rings. The van der Waals surface area contributed by atoms with E-state index in [4.69, 9.17) is 0 Å². The van der Waals surface area contributed by atoms with Gasteiger partial charge in [0.15, 0.2) is 5.69 Å². The highest BCUT2D eigenvalue weighted by molar-refractivity contribution is 6.99. The van der Waals surface area contributed by atoms with E-state index in [1.807, 2.05) is 0 Å². The quantitative estimate of drug-likeness (QED) is 0.832. The summed E-state index contributed by atoms with van der Waals surface area (Å²) in [6.07, 6.45) is 7.56. The molecule has 0 radical (unpaired) electrons. The van der Waals surface area contributed by atoms with Gasteiger partial charge in [-0.3, -0.25) is 4.79 Å². The average Bonchev–Trinajstić information content (AvgIpc) is 2.93. The summed E-state index contributed by atoms with van der Waals surface area (Å²) in [6, 6.07) is 0. The van der Waals surface area contributed by atoms with Crippen molar-refractivity contribution in [2.75, 3.05) is 19.6 Å². The van der Waals surface area contributed by atoms with Gasteiger partial charge in [0.1, 0.15) is 0 Å². The van der Waals surface area contributed by atoms with Crippen LogP contribution in [0.2, 0.25) is 0 Å². The number of nitrogens with one attached hydrogen (secondary N) is 1. The Morgan fingerprint density at radius 2 is 2.22 bits per heavy atom. The summed E-state index contributed by atoms with van der Waals surface area (Å²) in [6.45, 7) is 2.59. The van der Waals surface area contributed by atoms with Gasteiger partial charge < -0.3 is 10.2 Å². The van der Waals surface area contributed by atoms with Gasteiger partial charge in [0, 0.05) is 19.6 Å². The minimum atomic E-state index is 0.0250. The van der Waals surface area contributed by atoms with Crippen LogP contribution < -0.4 is 5.32 Å². The predicted octanol–water partition coefficient (Wildman–Crippen LogP) is 1.29. The maximum absolute atomic E-state index is 12.5. The number of rotatable bonds is 1. The number of carbonyl (C=O) groups excluding carboxylic acids is 1. The zero-order valence-electron chi connectivity index (χ0n) is 10.4. The van der Waals surface area contributed by atoms with E-state index in [1.165, 1.54) is 19.3 Å². The number of hydrogen-bond donors (Lipinski definition) is 1. The van der Waals surface area contributed by atoms with Crippen molar-refractivity contribution in [1.82, 2.24) is 19.0 Å². The van der Waals surface area contributed by atoms with Crippen molar-refractivity contribution in [3.05, 3.63) is 11.9 Å². The van der Waals surface area contributed by atoms with E-state index < -0.39 is 0 Å². The number of nitrogens with zero attached hydrogens (tertiary/aromatic N) is 3. The number of piperazine rings is 1. The molecule has 0 atom stereocenters. The van der Waals surface area contributed by atoms with Crippen LogP contribution in [0, 0.1) is 0 Å². The van der Waals surface area contributed by atoms with Crippen molar-refractivity contribution in [3.8, 4) is 0 Å². The fourth-order valence-electron chi connectivity index (χ4n) is 3.22. The van der Waals surface area contributed by atoms with Gasteiger partial charge in [0.25, 0.3) is 5.91 Å². The molecule has 1 spiro atoms. The molecule has 3 rings (SSSR count). The monoisotopic (exact) mass is 266 g/mol. The zero-order chi connectivity index (χ0) is 12.4. The number of hydrogen-bond acceptors (Lipinski definition) is 5. The largest absolute Gasteiger partial charge is 0.329 e. The van der Waals surface area contributed by atoms with Gasteiger partial charge in [-0.15, -0.1) is 0 Å². The molecule has 1 aliphatic carbocycles. The standard InChI is InChI=1S/C12H18N4OS/c17-11(10-8-14-18-15-10)16-7-6-13-9-12(16)4-2-1-3-5-12/h8,13H,1-7,9H2. The average molecular weight is 266 g/mol. The lowest BCUT2D eigenvalue weighted by Gasteiger charge is -2.49. The van der Waals surface area contributed by atoms with Gasteiger partial charge in [-0.1, -0.05) is 19.3 Å². The summed E-state index contributed by atoms with van der Waals surface area (Å²) in [5, 5.41) is 3.45. The first-order valence-electron chi connectivity index (χ1n) is 6.62. The van der Waals surface area contributed by atoms with E-state index in [0.717, 1.165) is 44.2 Å². The van der Waals surface area contributed by atoms with E-state index in [9.17, 15) is 4.79 Å². The van der Waals surface area contributed by atoms with Crippen LogP contribution >= 0.6 is 11.7 Å². The fraction of sp³-hybridized carbons (Fsp3) is 0.750. The molecule has 1 amide bonds. The molecule has 6 heteroatoms. The Hall–Kier alpha value is -1.01. The molecule has 1 aromatic heterocycles. The van der Waals surface area contributed by atoms with Gasteiger partial charge in [-0.2, -0.15) is 8.75 Å². The summed E-state index contributed by atoms with van der Waals surface area (Å²) in [7, 11) is 0. The van der Waals surface area contributed by atoms with Crippen molar-refractivity contribution in [1.29, 1.82) is 0 Å². The highest BCUT2D eigenvalue weighted by Crippen LogP contribution is 2.35. The summed E-state index contributed by atoms with van der Waals surface area (Å²) < 4.78 is 8.03. The molecule has 1 saturated heterocycles. The lowest BCUT2D eigenvalue weighted by Crippen LogP contribution is -2.63. The zero-order valence-corrected chi connectivity index (χ0v) is 11.2. The van der Waals surface area contributed by atoms with Gasteiger partial charge >= 0.3 is 0 Å². The molecule has 2 heterocycles. The Bertz CT molecular complexity index is 405. The first-order chi connectivity index (χ1) is 8.82. The molecule has 1 aliphatic heterocycles. The minimum absolute atomic E-state index is 0.0250. The van der Waals surface area contributed by atoms with Crippen LogP contribution in [-0.4, -0.2) is 44.7 Å². The molecule has 0 aromatic carbocycles. The van der Waals surface area contributed by atoms with E-state index in [-0.39, 0.29) is 11.4 Å². The van der Waals surface area contributed by atoms with Gasteiger partial charge in [-0.05, 0) is 12.8 Å². The molecule has 0 unspecified atom stereocenters. The SMILES string of the molecule is O=C(c1cnsn1)N1CCNCC12CCCCC2. The molecular formula is C12H18N4OS. The Balaban J connectivity index is 1.85. The van der Waals surface area contributed by atoms with Crippen LogP contribution in [0.15, 0.2) is 6.20 Å². The summed E-state index contributed by atoms with van der Waals surface area (Å²) in [5.41, 5.74) is 0.531. The van der Waals surface area contributed by atoms with Crippen LogP contribution in [0.5, 0.6) is 0 Å². The smallest absolute Gasteiger partial charge is 0.275 e. The molecule has 0 bridgehead atoms. The third kappa shape index (κ3) is 2.03. The topological polar surface area (TPSA) is 58.1 Å². The number of aromatic nitrogens is 2. The van der Waals surface area contributed by atoms with Crippen molar-refractivity contribution in [2.24, 2.45) is 0 Å². The number of carbonyl (C=O) groups is 1. The van der Waals surface area contributed by atoms with Crippen molar-refractivity contribution < 1.29 is 4.79 Å². The van der Waals surface area contributed by atoms with Crippen LogP contribution in [0.3, 0.4) is 0 Å². The molecule has 1 saturated carbocycles. The molecule has 98 valence electrons. The van der Waals surface area contributed by atoms with Crippen molar-refractivity contribution in [3.63, 3.8) is 0 Å². The summed E-state index contributed by atoms with van der Waals surface area (Å²) in [4.78, 5) is 14.6. The van der Waals surface area contributed by atoms with E-state index in [1.54, 1.807) is 6.20 Å². The highest BCUT2D eigenvalue weighted by Gasteiger charge is 2.42. The van der Waals surface area contributed by atoms with E-state index in [0.29, 0.717) is 5.69 Å². The van der Waals surface area contributed by atoms with Crippen LogP contribution in [0.25, 0.3) is 0 Å². The second-order valence-electron chi connectivity index (χ2n) is 5.21. The highest BCUT2D eigenvalue weighted by atomic mass is 32.1. The lowest BCUT2D eigenvalue weighted by atomic mass is 9.79. The molecule has 2 aliphatic rings. The maximum Gasteiger partial charge on any atom is 0.275 e. The van der Waals surface area contributed by atoms with Gasteiger partial charge in [0.2, 0.25) is 0 Å². The molecule has 18 heavy (non-hydrogen) atoms. The summed E-state index contributed by atoms with van der Waals surface area (Å²) in [5.74, 6) is 0.0622. The normalized spacial score (nSPS) is 23.2. The Morgan fingerprint density at radius 3 is 2.94 bits per heavy atom. The molecular weight excluding hydrogens is 248 g/mol. The lowest BCUT2D eigenvalue weighted by molar-refractivity contribution is 0.0218. The van der Waals surface area contributed by atoms with Crippen molar-refractivity contribution >= 4 is 17.6 Å². The van der Waals surface area contributed by atoms with Gasteiger partial charge in [0.05, 0.1) is 23.5 Å². The minimum Gasteiger partial charge on any atom is -0.329 e. The first-order valence-corrected chi connectivity index (χ1v) is 7.35. The molecule has 2 fully saturated rings.